The number of hydrogen-bond donors (Lipinski definition) is 4. The van der Waals surface area contributed by atoms with Gasteiger partial charge in [0.1, 0.15) is 0 Å². The van der Waals surface area contributed by atoms with Crippen LogP contribution in [0, 0.1) is 0 Å². The van der Waals surface area contributed by atoms with E-state index < -0.39 is 5.91 Å². The van der Waals surface area contributed by atoms with Crippen molar-refractivity contribution in [3.8, 4) is 0 Å². The summed E-state index contributed by atoms with van der Waals surface area (Å²) in [5.74, 6) is -0.488. The Morgan fingerprint density at radius 1 is 1.50 bits per heavy atom. The van der Waals surface area contributed by atoms with E-state index in [-0.39, 0.29) is 12.1 Å². The summed E-state index contributed by atoms with van der Waals surface area (Å²) in [5, 5.41) is 12.4. The maximum atomic E-state index is 11.1. The first-order valence-corrected chi connectivity index (χ1v) is 6.00. The Morgan fingerprint density at radius 3 is 2.67 bits per heavy atom. The molecule has 1 atom stereocenters. The highest BCUT2D eigenvalue weighted by Crippen LogP contribution is 2.27. The molecule has 1 amide bonds. The Balaban J connectivity index is 3.01. The normalized spacial score (nSPS) is 13.9. The van der Waals surface area contributed by atoms with Gasteiger partial charge in [-0.15, -0.1) is 0 Å². The van der Waals surface area contributed by atoms with Crippen molar-refractivity contribution in [1.29, 1.82) is 0 Å². The third-order valence-corrected chi connectivity index (χ3v) is 3.22. The summed E-state index contributed by atoms with van der Waals surface area (Å²) in [6.07, 6.45) is 1.43. The highest BCUT2D eigenvalue weighted by Gasteiger charge is 2.22. The molecule has 0 bridgehead atoms. The van der Waals surface area contributed by atoms with Crippen molar-refractivity contribution in [2.24, 2.45) is 5.73 Å². The minimum Gasteiger partial charge on any atom is -0.397 e. The summed E-state index contributed by atoms with van der Waals surface area (Å²) in [4.78, 5) is 11.1. The third kappa shape index (κ3) is 3.37. The van der Waals surface area contributed by atoms with Crippen LogP contribution >= 0.6 is 0 Å². The van der Waals surface area contributed by atoms with E-state index in [1.54, 1.807) is 18.2 Å². The van der Waals surface area contributed by atoms with Gasteiger partial charge in [0, 0.05) is 17.7 Å². The quantitative estimate of drug-likeness (QED) is 0.573. The summed E-state index contributed by atoms with van der Waals surface area (Å²) in [7, 11) is 0. The first-order chi connectivity index (χ1) is 8.41. The molecular formula is C13H21N3O2. The fourth-order valence-corrected chi connectivity index (χ4v) is 1.72. The molecule has 0 radical (unpaired) electrons. The smallest absolute Gasteiger partial charge is 0.248 e. The number of carbonyl (C=O) groups is 1. The van der Waals surface area contributed by atoms with Gasteiger partial charge in [-0.3, -0.25) is 4.79 Å². The molecule has 18 heavy (non-hydrogen) atoms. The summed E-state index contributed by atoms with van der Waals surface area (Å²) in [6, 6.07) is 4.89. The van der Waals surface area contributed by atoms with Crippen LogP contribution in [0.1, 0.15) is 37.0 Å². The van der Waals surface area contributed by atoms with E-state index in [9.17, 15) is 4.79 Å². The molecule has 0 saturated carbocycles. The first kappa shape index (κ1) is 14.3. The SMILES string of the molecule is CCC(C)(CCO)Nc1cc(C(N)=O)ccc1N. The minimum atomic E-state index is -0.488. The molecular weight excluding hydrogens is 230 g/mol. The van der Waals surface area contributed by atoms with Crippen molar-refractivity contribution in [3.63, 3.8) is 0 Å². The van der Waals surface area contributed by atoms with Crippen LogP contribution in [-0.4, -0.2) is 23.2 Å². The van der Waals surface area contributed by atoms with Crippen LogP contribution in [0.15, 0.2) is 18.2 Å². The van der Waals surface area contributed by atoms with Gasteiger partial charge in [-0.25, -0.2) is 0 Å². The molecule has 0 aromatic heterocycles. The van der Waals surface area contributed by atoms with E-state index in [1.165, 1.54) is 0 Å². The van der Waals surface area contributed by atoms with E-state index in [0.29, 0.717) is 23.4 Å². The molecule has 1 rings (SSSR count). The van der Waals surface area contributed by atoms with Crippen LogP contribution < -0.4 is 16.8 Å². The molecule has 0 spiro atoms. The summed E-state index contributed by atoms with van der Waals surface area (Å²) in [6.45, 7) is 4.11. The molecule has 0 heterocycles. The van der Waals surface area contributed by atoms with Crippen LogP contribution in [0.4, 0.5) is 11.4 Å². The molecule has 1 aromatic carbocycles. The number of rotatable bonds is 6. The fourth-order valence-electron chi connectivity index (χ4n) is 1.72. The first-order valence-electron chi connectivity index (χ1n) is 6.00. The average Bonchev–Trinajstić information content (AvgIpc) is 2.32. The van der Waals surface area contributed by atoms with E-state index in [2.05, 4.69) is 5.32 Å². The molecule has 6 N–H and O–H groups in total. The van der Waals surface area contributed by atoms with Gasteiger partial charge >= 0.3 is 0 Å². The van der Waals surface area contributed by atoms with Gasteiger partial charge in [-0.1, -0.05) is 6.92 Å². The van der Waals surface area contributed by atoms with E-state index in [1.807, 2.05) is 13.8 Å². The van der Waals surface area contributed by atoms with E-state index in [0.717, 1.165) is 6.42 Å². The lowest BCUT2D eigenvalue weighted by Gasteiger charge is -2.31. The fraction of sp³-hybridized carbons (Fsp3) is 0.462. The van der Waals surface area contributed by atoms with Crippen molar-refractivity contribution in [1.82, 2.24) is 0 Å². The lowest BCUT2D eigenvalue weighted by atomic mass is 9.94. The Labute approximate surface area is 107 Å². The number of nitrogens with one attached hydrogen (secondary N) is 1. The molecule has 0 aliphatic heterocycles. The largest absolute Gasteiger partial charge is 0.397 e. The zero-order valence-corrected chi connectivity index (χ0v) is 10.9. The minimum absolute atomic E-state index is 0.0900. The second-order valence-electron chi connectivity index (χ2n) is 4.68. The van der Waals surface area contributed by atoms with Crippen molar-refractivity contribution in [2.75, 3.05) is 17.7 Å². The zero-order chi connectivity index (χ0) is 13.8. The molecule has 5 nitrogen and oxygen atoms in total. The topological polar surface area (TPSA) is 101 Å². The summed E-state index contributed by atoms with van der Waals surface area (Å²) < 4.78 is 0. The zero-order valence-electron chi connectivity index (χ0n) is 10.9. The van der Waals surface area contributed by atoms with Gasteiger partial charge in [0.15, 0.2) is 0 Å². The number of nitrogen functional groups attached to an aromatic ring is 1. The second kappa shape index (κ2) is 5.73. The predicted molar refractivity (Wildman–Crippen MR) is 73.4 cm³/mol. The second-order valence-corrected chi connectivity index (χ2v) is 4.68. The van der Waals surface area contributed by atoms with Crippen molar-refractivity contribution in [3.05, 3.63) is 23.8 Å². The number of carbonyl (C=O) groups excluding carboxylic acids is 1. The molecule has 5 heteroatoms. The standard InChI is InChI=1S/C13H21N3O2/c1-3-13(2,6-7-17)16-11-8-9(12(15)18)4-5-10(11)14/h4-5,8,16-17H,3,6-7,14H2,1-2H3,(H2,15,18). The van der Waals surface area contributed by atoms with Gasteiger partial charge in [0.25, 0.3) is 0 Å². The maximum absolute atomic E-state index is 11.1. The maximum Gasteiger partial charge on any atom is 0.248 e. The Kier molecular flexibility index (Phi) is 4.55. The van der Waals surface area contributed by atoms with Gasteiger partial charge < -0.3 is 21.9 Å². The highest BCUT2D eigenvalue weighted by molar-refractivity contribution is 5.95. The monoisotopic (exact) mass is 251 g/mol. The number of hydrogen-bond acceptors (Lipinski definition) is 4. The Bertz CT molecular complexity index is 434. The molecule has 0 aliphatic rings. The lowest BCUT2D eigenvalue weighted by Crippen LogP contribution is -2.35. The molecule has 1 aromatic rings. The molecule has 0 saturated heterocycles. The number of aliphatic hydroxyl groups is 1. The van der Waals surface area contributed by atoms with Crippen LogP contribution in [0.25, 0.3) is 0 Å². The van der Waals surface area contributed by atoms with Gasteiger partial charge in [-0.05, 0) is 38.0 Å². The highest BCUT2D eigenvalue weighted by atomic mass is 16.3. The number of primary amides is 1. The molecule has 0 aliphatic carbocycles. The Hall–Kier alpha value is -1.75. The summed E-state index contributed by atoms with van der Waals surface area (Å²) in [5.41, 5.74) is 12.5. The Morgan fingerprint density at radius 2 is 2.17 bits per heavy atom. The molecule has 0 fully saturated rings. The third-order valence-electron chi connectivity index (χ3n) is 3.22. The van der Waals surface area contributed by atoms with Crippen LogP contribution in [0.3, 0.4) is 0 Å². The molecule has 100 valence electrons. The van der Waals surface area contributed by atoms with Gasteiger partial charge in [-0.2, -0.15) is 0 Å². The number of aliphatic hydroxyl groups excluding tert-OH is 1. The summed E-state index contributed by atoms with van der Waals surface area (Å²) >= 11 is 0. The molecule has 1 unspecified atom stereocenters. The van der Waals surface area contributed by atoms with Crippen LogP contribution in [-0.2, 0) is 0 Å². The van der Waals surface area contributed by atoms with Gasteiger partial charge in [0.2, 0.25) is 5.91 Å². The van der Waals surface area contributed by atoms with Crippen LogP contribution in [0.5, 0.6) is 0 Å². The van der Waals surface area contributed by atoms with Crippen LogP contribution in [0.2, 0.25) is 0 Å². The lowest BCUT2D eigenvalue weighted by molar-refractivity contribution is 0.100. The van der Waals surface area contributed by atoms with E-state index >= 15 is 0 Å². The van der Waals surface area contributed by atoms with E-state index in [4.69, 9.17) is 16.6 Å². The van der Waals surface area contributed by atoms with Crippen molar-refractivity contribution >= 4 is 17.3 Å². The predicted octanol–water partition coefficient (Wildman–Crippen LogP) is 1.33. The van der Waals surface area contributed by atoms with Gasteiger partial charge in [0.05, 0.1) is 11.4 Å². The average molecular weight is 251 g/mol. The number of amides is 1. The number of anilines is 2. The number of benzene rings is 1. The van der Waals surface area contributed by atoms with Crippen molar-refractivity contribution in [2.45, 2.75) is 32.2 Å². The van der Waals surface area contributed by atoms with Crippen molar-refractivity contribution < 1.29 is 9.90 Å². The number of nitrogens with two attached hydrogens (primary N) is 2.